The predicted octanol–water partition coefficient (Wildman–Crippen LogP) is 0.301. The minimum absolute atomic E-state index is 0. The van der Waals surface area contributed by atoms with Crippen molar-refractivity contribution in [3.8, 4) is 0 Å². The Morgan fingerprint density at radius 3 is 1.82 bits per heavy atom. The van der Waals surface area contributed by atoms with E-state index in [1.54, 1.807) is 20.8 Å². The van der Waals surface area contributed by atoms with Crippen molar-refractivity contribution in [3.05, 3.63) is 12.1 Å². The van der Waals surface area contributed by atoms with Gasteiger partial charge in [-0.3, -0.25) is 4.79 Å². The second-order valence-corrected chi connectivity index (χ2v) is 5.21. The van der Waals surface area contributed by atoms with E-state index in [-0.39, 0.29) is 57.4 Å². The third-order valence-electron chi connectivity index (χ3n) is 1.66. The molecule has 2 nitrogen and oxygen atoms in total. The maximum atomic E-state index is 12.0. The van der Waals surface area contributed by atoms with Crippen molar-refractivity contribution in [2.45, 2.75) is 40.2 Å². The van der Waals surface area contributed by atoms with Gasteiger partial charge in [0, 0.05) is 0 Å². The Morgan fingerprint density at radius 2 is 1.53 bits per heavy atom. The maximum absolute atomic E-state index is 12.0. The van der Waals surface area contributed by atoms with E-state index in [2.05, 4.69) is 0 Å². The van der Waals surface area contributed by atoms with Crippen LogP contribution in [0.1, 0.15) is 34.6 Å². The Bertz CT molecular complexity index is 293. The molecule has 0 fully saturated rings. The van der Waals surface area contributed by atoms with Gasteiger partial charge in [0.1, 0.15) is 5.60 Å². The molecule has 7 heteroatoms. The first-order chi connectivity index (χ1) is 6.83. The Labute approximate surface area is 143 Å². The monoisotopic (exact) mass is 276 g/mol. The molecule has 0 unspecified atom stereocenters. The third-order valence-corrected chi connectivity index (χ3v) is 1.66. The normalized spacial score (nSPS) is 13.4. The maximum Gasteiger partial charge on any atom is 1.00 e. The third kappa shape index (κ3) is 10.3. The number of hydrogen-bond donors (Lipinski definition) is 0. The number of rotatable bonds is 3. The van der Waals surface area contributed by atoms with Crippen LogP contribution in [0.3, 0.4) is 0 Å². The van der Waals surface area contributed by atoms with E-state index < -0.39 is 24.0 Å². The van der Waals surface area contributed by atoms with E-state index in [1.165, 1.54) is 13.8 Å². The van der Waals surface area contributed by atoms with Gasteiger partial charge < -0.3 is 17.7 Å². The van der Waals surface area contributed by atoms with E-state index in [0.29, 0.717) is 0 Å². The molecule has 0 heterocycles. The van der Waals surface area contributed by atoms with E-state index in [9.17, 15) is 17.7 Å². The first-order valence-electron chi connectivity index (χ1n) is 4.97. The summed E-state index contributed by atoms with van der Waals surface area (Å²) in [5.41, 5.74) is -1.98. The predicted molar refractivity (Wildman–Crippen MR) is 57.8 cm³/mol. The van der Waals surface area contributed by atoms with Gasteiger partial charge in [0.05, 0.1) is 5.41 Å². The number of hydrogen-bond acceptors (Lipinski definition) is 2. The number of ether oxygens (including phenoxy) is 1. The van der Waals surface area contributed by atoms with Crippen LogP contribution < -0.4 is 51.4 Å². The van der Waals surface area contributed by atoms with Crippen LogP contribution in [0.2, 0.25) is 0 Å². The molecular formula is C10H17BF3KO2. The average Bonchev–Trinajstić information content (AvgIpc) is 1.96. The van der Waals surface area contributed by atoms with Crippen molar-refractivity contribution in [3.63, 3.8) is 0 Å². The fraction of sp³-hybridized carbons (Fsp3) is 0.700. The Hall–Kier alpha value is 0.701. The van der Waals surface area contributed by atoms with Crippen LogP contribution in [0.5, 0.6) is 0 Å². The van der Waals surface area contributed by atoms with Crippen LogP contribution in [-0.2, 0) is 9.53 Å². The molecule has 0 aliphatic rings. The second kappa shape index (κ2) is 6.75. The molecule has 0 atom stereocenters. The van der Waals surface area contributed by atoms with Crippen LogP contribution in [0.4, 0.5) is 12.9 Å². The molecule has 0 aliphatic carbocycles. The van der Waals surface area contributed by atoms with E-state index in [4.69, 9.17) is 4.74 Å². The molecule has 0 aromatic carbocycles. The fourth-order valence-electron chi connectivity index (χ4n) is 0.827. The van der Waals surface area contributed by atoms with Crippen LogP contribution in [-0.4, -0.2) is 18.5 Å². The molecular weight excluding hydrogens is 259 g/mol. The Kier molecular flexibility index (Phi) is 7.95. The van der Waals surface area contributed by atoms with Crippen molar-refractivity contribution in [2.24, 2.45) is 5.41 Å². The Morgan fingerprint density at radius 1 is 1.12 bits per heavy atom. The molecule has 0 N–H and O–H groups in total. The van der Waals surface area contributed by atoms with E-state index in [1.807, 2.05) is 0 Å². The summed E-state index contributed by atoms with van der Waals surface area (Å²) in [5.74, 6) is -0.555. The summed E-state index contributed by atoms with van der Waals surface area (Å²) in [6.45, 7) is 2.75. The van der Waals surface area contributed by atoms with Crippen molar-refractivity contribution < 1.29 is 73.9 Å². The molecule has 0 saturated carbocycles. The summed E-state index contributed by atoms with van der Waals surface area (Å²) in [4.78, 5) is 11.6. The van der Waals surface area contributed by atoms with Gasteiger partial charge in [0.25, 0.3) is 0 Å². The van der Waals surface area contributed by atoms with Crippen LogP contribution >= 0.6 is 0 Å². The topological polar surface area (TPSA) is 26.3 Å². The molecule has 0 rings (SSSR count). The van der Waals surface area contributed by atoms with Gasteiger partial charge in [-0.05, 0) is 34.6 Å². The van der Waals surface area contributed by atoms with Crippen molar-refractivity contribution in [2.75, 3.05) is 0 Å². The van der Waals surface area contributed by atoms with Gasteiger partial charge in [0.15, 0.2) is 0 Å². The van der Waals surface area contributed by atoms with E-state index in [0.717, 1.165) is 6.08 Å². The molecule has 0 saturated heterocycles. The van der Waals surface area contributed by atoms with Crippen molar-refractivity contribution in [1.82, 2.24) is 0 Å². The molecule has 0 aromatic rings. The second-order valence-electron chi connectivity index (χ2n) is 5.21. The van der Waals surface area contributed by atoms with E-state index >= 15 is 0 Å². The SMILES string of the molecule is CC(C)(C)OC(=O)C(C)(C)/C=C/[B-](F)(F)F.[K+]. The summed E-state index contributed by atoms with van der Waals surface area (Å²) < 4.78 is 41.0. The molecule has 0 aliphatic heterocycles. The van der Waals surface area contributed by atoms with Gasteiger partial charge in [-0.1, -0.05) is 0 Å². The van der Waals surface area contributed by atoms with Gasteiger partial charge in [-0.15, -0.1) is 12.1 Å². The largest absolute Gasteiger partial charge is 1.00 e. The molecule has 0 radical (unpaired) electrons. The zero-order valence-electron chi connectivity index (χ0n) is 11.2. The standard InChI is InChI=1S/C10H17BF3O2.K/c1-9(2,3)16-8(15)10(4,5)6-7-11(12,13)14;/h6-7H,1-5H3;/q-1;+1/b7-6+;. The van der Waals surface area contributed by atoms with Gasteiger partial charge in [-0.25, -0.2) is 0 Å². The molecule has 0 spiro atoms. The smallest absolute Gasteiger partial charge is 0.459 e. The quantitative estimate of drug-likeness (QED) is 0.547. The van der Waals surface area contributed by atoms with Gasteiger partial charge in [-0.2, -0.15) is 0 Å². The average molecular weight is 276 g/mol. The minimum Gasteiger partial charge on any atom is -0.459 e. The summed E-state index contributed by atoms with van der Waals surface area (Å²) >= 11 is 0. The first kappa shape index (κ1) is 20.0. The zero-order chi connectivity index (χ0) is 13.2. The van der Waals surface area contributed by atoms with Gasteiger partial charge in [0.2, 0.25) is 0 Å². The molecule has 0 bridgehead atoms. The number of carbonyl (C=O) groups is 1. The first-order valence-corrected chi connectivity index (χ1v) is 4.97. The molecule has 17 heavy (non-hydrogen) atoms. The van der Waals surface area contributed by atoms with Crippen molar-refractivity contribution in [1.29, 1.82) is 0 Å². The Balaban J connectivity index is 0. The van der Waals surface area contributed by atoms with Crippen LogP contribution in [0.25, 0.3) is 0 Å². The number of carbonyl (C=O) groups excluding carboxylic acids is 1. The van der Waals surface area contributed by atoms with Crippen LogP contribution in [0.15, 0.2) is 12.1 Å². The van der Waals surface area contributed by atoms with Crippen molar-refractivity contribution >= 4 is 12.9 Å². The zero-order valence-corrected chi connectivity index (χ0v) is 14.3. The van der Waals surface area contributed by atoms with Gasteiger partial charge >= 0.3 is 64.3 Å². The summed E-state index contributed by atoms with van der Waals surface area (Å²) in [5, 5.41) is 0. The molecule has 0 amide bonds. The summed E-state index contributed by atoms with van der Waals surface area (Å²) in [6.07, 6.45) is 0.834. The number of halogens is 3. The number of esters is 1. The van der Waals surface area contributed by atoms with Crippen LogP contribution in [0, 0.1) is 5.41 Å². The summed E-state index contributed by atoms with van der Waals surface area (Å²) in [7, 11) is 0. The molecule has 94 valence electrons. The fourth-order valence-corrected chi connectivity index (χ4v) is 0.827. The molecule has 0 aromatic heterocycles. The summed E-state index contributed by atoms with van der Waals surface area (Å²) in [6, 6.07) is 0. The minimum atomic E-state index is -5.02.